The molecule has 0 amide bonds. The van der Waals surface area contributed by atoms with Crippen molar-refractivity contribution in [2.45, 2.75) is 33.1 Å². The molecule has 3 heteroatoms. The number of anilines is 1. The van der Waals surface area contributed by atoms with Crippen molar-refractivity contribution in [1.82, 2.24) is 0 Å². The Balaban J connectivity index is 2.89. The molecule has 0 fully saturated rings. The Morgan fingerprint density at radius 3 is 2.69 bits per heavy atom. The van der Waals surface area contributed by atoms with Gasteiger partial charge in [-0.1, -0.05) is 38.3 Å². The Morgan fingerprint density at radius 1 is 1.44 bits per heavy atom. The van der Waals surface area contributed by atoms with Gasteiger partial charge in [0.05, 0.1) is 17.8 Å². The second kappa shape index (κ2) is 6.00. The minimum absolute atomic E-state index is 0.559. The normalized spacial score (nSPS) is 12.5. The number of benzene rings is 1. The lowest BCUT2D eigenvalue weighted by atomic mass is 9.96. The Hall–Kier alpha value is -0.890. The van der Waals surface area contributed by atoms with Crippen LogP contribution in [-0.4, -0.2) is 7.11 Å². The summed E-state index contributed by atoms with van der Waals surface area (Å²) in [5.41, 5.74) is 7.58. The Labute approximate surface area is 103 Å². The van der Waals surface area contributed by atoms with Gasteiger partial charge in [0.2, 0.25) is 0 Å². The first-order valence-electron chi connectivity index (χ1n) is 5.70. The molecule has 0 spiro atoms. The molecular formula is C13H20ClNO. The van der Waals surface area contributed by atoms with Crippen molar-refractivity contribution in [3.8, 4) is 5.75 Å². The van der Waals surface area contributed by atoms with Gasteiger partial charge in [0.15, 0.2) is 0 Å². The number of halogens is 1. The quantitative estimate of drug-likeness (QED) is 0.794. The Morgan fingerprint density at radius 2 is 2.12 bits per heavy atom. The molecule has 0 aromatic heterocycles. The predicted octanol–water partition coefficient (Wildman–Crippen LogP) is 3.91. The van der Waals surface area contributed by atoms with E-state index in [1.165, 1.54) is 12.8 Å². The molecule has 2 N–H and O–H groups in total. The third kappa shape index (κ3) is 3.31. The highest BCUT2D eigenvalue weighted by atomic mass is 35.5. The van der Waals surface area contributed by atoms with Gasteiger partial charge in [0, 0.05) is 6.07 Å². The highest BCUT2D eigenvalue weighted by Gasteiger charge is 2.10. The lowest BCUT2D eigenvalue weighted by Crippen LogP contribution is -2.02. The molecule has 0 bridgehead atoms. The van der Waals surface area contributed by atoms with Crippen molar-refractivity contribution < 1.29 is 4.74 Å². The van der Waals surface area contributed by atoms with Gasteiger partial charge in [-0.3, -0.25) is 0 Å². The number of rotatable bonds is 5. The number of hydrogen-bond donors (Lipinski definition) is 1. The largest absolute Gasteiger partial charge is 0.496 e. The first-order chi connectivity index (χ1) is 7.58. The van der Waals surface area contributed by atoms with Crippen LogP contribution in [0.1, 0.15) is 32.3 Å². The summed E-state index contributed by atoms with van der Waals surface area (Å²) in [7, 11) is 1.66. The molecule has 0 radical (unpaired) electrons. The van der Waals surface area contributed by atoms with Crippen molar-refractivity contribution in [1.29, 1.82) is 0 Å². The highest BCUT2D eigenvalue weighted by Crippen LogP contribution is 2.31. The summed E-state index contributed by atoms with van der Waals surface area (Å²) in [6.45, 7) is 4.44. The van der Waals surface area contributed by atoms with Gasteiger partial charge in [-0.2, -0.15) is 0 Å². The van der Waals surface area contributed by atoms with Crippen molar-refractivity contribution in [2.24, 2.45) is 5.92 Å². The maximum atomic E-state index is 5.96. The van der Waals surface area contributed by atoms with Crippen LogP contribution in [0.2, 0.25) is 5.02 Å². The molecule has 16 heavy (non-hydrogen) atoms. The van der Waals surface area contributed by atoms with Gasteiger partial charge in [0.1, 0.15) is 5.75 Å². The van der Waals surface area contributed by atoms with Gasteiger partial charge in [-0.25, -0.2) is 0 Å². The van der Waals surface area contributed by atoms with Gasteiger partial charge in [-0.05, 0) is 24.0 Å². The van der Waals surface area contributed by atoms with Crippen LogP contribution in [0.25, 0.3) is 0 Å². The molecule has 0 saturated heterocycles. The van der Waals surface area contributed by atoms with Crippen LogP contribution in [0, 0.1) is 5.92 Å². The smallest absolute Gasteiger partial charge is 0.123 e. The number of methoxy groups -OCH3 is 1. The molecule has 0 heterocycles. The van der Waals surface area contributed by atoms with Crippen molar-refractivity contribution in [3.63, 3.8) is 0 Å². The zero-order valence-corrected chi connectivity index (χ0v) is 11.0. The van der Waals surface area contributed by atoms with E-state index >= 15 is 0 Å². The van der Waals surface area contributed by atoms with E-state index in [4.69, 9.17) is 22.1 Å². The molecule has 0 saturated carbocycles. The summed E-state index contributed by atoms with van der Waals surface area (Å²) in [4.78, 5) is 0. The molecule has 0 aliphatic rings. The standard InChI is InChI=1S/C13H20ClNO/c1-4-5-9(2)6-10-7-12(15)11(14)8-13(10)16-3/h7-9H,4-6,15H2,1-3H3. The highest BCUT2D eigenvalue weighted by molar-refractivity contribution is 6.33. The van der Waals surface area contributed by atoms with E-state index in [1.807, 2.05) is 6.07 Å². The first kappa shape index (κ1) is 13.2. The number of nitrogens with two attached hydrogens (primary N) is 1. The lowest BCUT2D eigenvalue weighted by molar-refractivity contribution is 0.403. The molecule has 1 aromatic carbocycles. The summed E-state index contributed by atoms with van der Waals surface area (Å²) in [6.07, 6.45) is 3.40. The lowest BCUT2D eigenvalue weighted by Gasteiger charge is -2.14. The molecule has 2 nitrogen and oxygen atoms in total. The van der Waals surface area contributed by atoms with Crippen LogP contribution in [0.4, 0.5) is 5.69 Å². The number of ether oxygens (including phenoxy) is 1. The fraction of sp³-hybridized carbons (Fsp3) is 0.538. The third-order valence-corrected chi connectivity index (χ3v) is 3.08. The van der Waals surface area contributed by atoms with Gasteiger partial charge < -0.3 is 10.5 Å². The second-order valence-electron chi connectivity index (χ2n) is 4.28. The maximum absolute atomic E-state index is 5.96. The zero-order chi connectivity index (χ0) is 12.1. The van der Waals surface area contributed by atoms with Gasteiger partial charge >= 0.3 is 0 Å². The van der Waals surface area contributed by atoms with Crippen molar-refractivity contribution >= 4 is 17.3 Å². The summed E-state index contributed by atoms with van der Waals surface area (Å²) in [5, 5.41) is 0.559. The van der Waals surface area contributed by atoms with Crippen LogP contribution in [-0.2, 0) is 6.42 Å². The molecule has 1 unspecified atom stereocenters. The van der Waals surface area contributed by atoms with Gasteiger partial charge in [0.25, 0.3) is 0 Å². The second-order valence-corrected chi connectivity index (χ2v) is 4.69. The number of nitrogen functional groups attached to an aromatic ring is 1. The van der Waals surface area contributed by atoms with Gasteiger partial charge in [-0.15, -0.1) is 0 Å². The van der Waals surface area contributed by atoms with Crippen LogP contribution >= 0.6 is 11.6 Å². The summed E-state index contributed by atoms with van der Waals surface area (Å²) in [5.74, 6) is 1.47. The minimum atomic E-state index is 0.559. The Kier molecular flexibility index (Phi) is 4.94. The van der Waals surface area contributed by atoms with Crippen LogP contribution in [0.5, 0.6) is 5.75 Å². The molecular weight excluding hydrogens is 222 g/mol. The molecule has 1 aromatic rings. The van der Waals surface area contributed by atoms with Crippen LogP contribution < -0.4 is 10.5 Å². The molecule has 1 rings (SSSR count). The summed E-state index contributed by atoms with van der Waals surface area (Å²) in [6, 6.07) is 3.72. The van der Waals surface area contributed by atoms with E-state index in [1.54, 1.807) is 13.2 Å². The summed E-state index contributed by atoms with van der Waals surface area (Å²) >= 11 is 5.96. The maximum Gasteiger partial charge on any atom is 0.123 e. The van der Waals surface area contributed by atoms with E-state index in [-0.39, 0.29) is 0 Å². The van der Waals surface area contributed by atoms with E-state index in [0.717, 1.165) is 17.7 Å². The minimum Gasteiger partial charge on any atom is -0.496 e. The first-order valence-corrected chi connectivity index (χ1v) is 6.08. The summed E-state index contributed by atoms with van der Waals surface area (Å²) < 4.78 is 5.32. The number of hydrogen-bond acceptors (Lipinski definition) is 2. The Bertz CT molecular complexity index is 352. The molecule has 90 valence electrons. The van der Waals surface area contributed by atoms with E-state index < -0.39 is 0 Å². The zero-order valence-electron chi connectivity index (χ0n) is 10.2. The average Bonchev–Trinajstić information content (AvgIpc) is 2.23. The predicted molar refractivity (Wildman–Crippen MR) is 70.2 cm³/mol. The van der Waals surface area contributed by atoms with Crippen LogP contribution in [0.15, 0.2) is 12.1 Å². The average molecular weight is 242 g/mol. The van der Waals surface area contributed by atoms with Crippen LogP contribution in [0.3, 0.4) is 0 Å². The van der Waals surface area contributed by atoms with E-state index in [9.17, 15) is 0 Å². The molecule has 0 aliphatic heterocycles. The molecule has 1 atom stereocenters. The molecule has 0 aliphatic carbocycles. The monoisotopic (exact) mass is 241 g/mol. The van der Waals surface area contributed by atoms with E-state index in [2.05, 4.69) is 13.8 Å². The van der Waals surface area contributed by atoms with Crippen molar-refractivity contribution in [3.05, 3.63) is 22.7 Å². The topological polar surface area (TPSA) is 35.2 Å². The van der Waals surface area contributed by atoms with Crippen molar-refractivity contribution in [2.75, 3.05) is 12.8 Å². The fourth-order valence-corrected chi connectivity index (χ4v) is 2.09. The SMILES string of the molecule is CCCC(C)Cc1cc(N)c(Cl)cc1OC. The van der Waals surface area contributed by atoms with E-state index in [0.29, 0.717) is 16.6 Å². The fourth-order valence-electron chi connectivity index (χ4n) is 1.94. The third-order valence-electron chi connectivity index (χ3n) is 2.75.